The zero-order valence-corrected chi connectivity index (χ0v) is 18.6. The highest BCUT2D eigenvalue weighted by Gasteiger charge is 2.21. The van der Waals surface area contributed by atoms with Crippen molar-refractivity contribution in [2.24, 2.45) is 0 Å². The number of nitrogens with zero attached hydrogens (tertiary/aromatic N) is 1. The summed E-state index contributed by atoms with van der Waals surface area (Å²) in [6, 6.07) is 13.0. The van der Waals surface area contributed by atoms with E-state index in [1.165, 1.54) is 11.3 Å². The average Bonchev–Trinajstić information content (AvgIpc) is 3.10. The fraction of sp³-hybridized carbons (Fsp3) is 0.190. The van der Waals surface area contributed by atoms with Crippen LogP contribution in [0.15, 0.2) is 48.5 Å². The van der Waals surface area contributed by atoms with Crippen LogP contribution in [0.3, 0.4) is 0 Å². The highest BCUT2D eigenvalue weighted by atomic mass is 35.5. The summed E-state index contributed by atoms with van der Waals surface area (Å²) in [4.78, 5) is 29.8. The molecule has 0 aliphatic heterocycles. The molecule has 0 fully saturated rings. The van der Waals surface area contributed by atoms with Crippen LogP contribution in [0, 0.1) is 6.92 Å². The molecule has 0 unspecified atom stereocenters. The number of halogens is 2. The van der Waals surface area contributed by atoms with Gasteiger partial charge in [0.25, 0.3) is 5.91 Å². The van der Waals surface area contributed by atoms with E-state index in [9.17, 15) is 9.59 Å². The van der Waals surface area contributed by atoms with Crippen molar-refractivity contribution in [2.75, 3.05) is 5.32 Å². The van der Waals surface area contributed by atoms with E-state index in [0.717, 1.165) is 0 Å². The Bertz CT molecular complexity index is 1040. The van der Waals surface area contributed by atoms with Gasteiger partial charge in [0.2, 0.25) is 5.91 Å². The first-order chi connectivity index (χ1) is 14.3. The Morgan fingerprint density at radius 1 is 1.07 bits per heavy atom. The van der Waals surface area contributed by atoms with Crippen LogP contribution < -0.4 is 15.4 Å². The highest BCUT2D eigenvalue weighted by molar-refractivity contribution is 7.13. The maximum absolute atomic E-state index is 12.6. The first-order valence-corrected chi connectivity index (χ1v) is 10.6. The van der Waals surface area contributed by atoms with Crippen LogP contribution in [0.4, 0.5) is 5.69 Å². The molecule has 9 heteroatoms. The van der Waals surface area contributed by atoms with Crippen LogP contribution in [0.25, 0.3) is 0 Å². The van der Waals surface area contributed by atoms with Crippen LogP contribution in [0.5, 0.6) is 5.75 Å². The van der Waals surface area contributed by atoms with Gasteiger partial charge in [-0.3, -0.25) is 9.59 Å². The predicted octanol–water partition coefficient (Wildman–Crippen LogP) is 5.09. The molecule has 3 rings (SSSR count). The van der Waals surface area contributed by atoms with Gasteiger partial charge in [0.1, 0.15) is 28.3 Å². The molecule has 30 heavy (non-hydrogen) atoms. The molecule has 1 aromatic heterocycles. The Labute approximate surface area is 188 Å². The lowest BCUT2D eigenvalue weighted by Gasteiger charge is -2.13. The summed E-state index contributed by atoms with van der Waals surface area (Å²) in [6.45, 7) is 3.59. The third-order valence-corrected chi connectivity index (χ3v) is 5.71. The fourth-order valence-corrected chi connectivity index (χ4v) is 3.65. The van der Waals surface area contributed by atoms with Gasteiger partial charge in [-0.25, -0.2) is 4.98 Å². The Balaban J connectivity index is 1.57. The second-order valence-electron chi connectivity index (χ2n) is 6.46. The normalized spacial score (nSPS) is 11.6. The smallest absolute Gasteiger partial charge is 0.263 e. The number of carbonyl (C=O) groups excluding carboxylic acids is 2. The summed E-state index contributed by atoms with van der Waals surface area (Å²) in [5.41, 5.74) is 1.18. The molecule has 6 nitrogen and oxygen atoms in total. The summed E-state index contributed by atoms with van der Waals surface area (Å²) in [5, 5.41) is 7.29. The second-order valence-corrected chi connectivity index (χ2v) is 8.41. The molecule has 1 atom stereocenters. The van der Waals surface area contributed by atoms with E-state index in [1.54, 1.807) is 62.4 Å². The number of amides is 2. The third kappa shape index (κ3) is 5.95. The van der Waals surface area contributed by atoms with Gasteiger partial charge >= 0.3 is 0 Å². The molecule has 0 saturated carbocycles. The highest BCUT2D eigenvalue weighted by Crippen LogP contribution is 2.22. The van der Waals surface area contributed by atoms with E-state index < -0.39 is 6.04 Å². The molecule has 0 aliphatic rings. The minimum Gasteiger partial charge on any atom is -0.486 e. The lowest BCUT2D eigenvalue weighted by atomic mass is 10.2. The number of aromatic nitrogens is 1. The number of aryl methyl sites for hydroxylation is 1. The maximum atomic E-state index is 12.6. The first kappa shape index (κ1) is 22.1. The quantitative estimate of drug-likeness (QED) is 0.510. The van der Waals surface area contributed by atoms with Crippen LogP contribution in [0.2, 0.25) is 10.0 Å². The molecule has 0 saturated heterocycles. The number of carbonyl (C=O) groups is 2. The maximum Gasteiger partial charge on any atom is 0.263 e. The Hall–Kier alpha value is -2.61. The lowest BCUT2D eigenvalue weighted by molar-refractivity contribution is -0.117. The molecule has 2 N–H and O–H groups in total. The standard InChI is InChI=1S/C21H19Cl2N3O3S/c1-12-19(30-18(24-12)11-29-17-9-5-15(23)6-10-17)21(28)25-13(2)20(27)26-16-7-3-14(22)4-8-16/h3-10,13H,11H2,1-2H3,(H,25,28)(H,26,27)/t13-/m1/s1. The molecule has 2 aromatic carbocycles. The number of rotatable bonds is 7. The molecule has 2 amide bonds. The topological polar surface area (TPSA) is 80.3 Å². The summed E-state index contributed by atoms with van der Waals surface area (Å²) >= 11 is 12.9. The molecule has 3 aromatic rings. The molecule has 0 bridgehead atoms. The van der Waals surface area contributed by atoms with E-state index in [0.29, 0.717) is 37.1 Å². The SMILES string of the molecule is Cc1nc(COc2ccc(Cl)cc2)sc1C(=O)N[C@H](C)C(=O)Nc1ccc(Cl)cc1. The van der Waals surface area contributed by atoms with Crippen molar-refractivity contribution in [3.05, 3.63) is 74.2 Å². The molecular formula is C21H19Cl2N3O3S. The average molecular weight is 464 g/mol. The van der Waals surface area contributed by atoms with Gasteiger partial charge < -0.3 is 15.4 Å². The van der Waals surface area contributed by atoms with Crippen molar-refractivity contribution in [3.63, 3.8) is 0 Å². The van der Waals surface area contributed by atoms with Gasteiger partial charge in [-0.15, -0.1) is 11.3 Å². The number of hydrogen-bond donors (Lipinski definition) is 2. The van der Waals surface area contributed by atoms with E-state index in [-0.39, 0.29) is 18.4 Å². The Kier molecular flexibility index (Phi) is 7.31. The van der Waals surface area contributed by atoms with E-state index in [1.807, 2.05) is 0 Å². The number of benzene rings is 2. The third-order valence-electron chi connectivity index (χ3n) is 4.08. The van der Waals surface area contributed by atoms with Gasteiger partial charge in [-0.2, -0.15) is 0 Å². The molecule has 1 heterocycles. The summed E-state index contributed by atoms with van der Waals surface area (Å²) in [5.74, 6) is -0.0358. The second kappa shape index (κ2) is 9.93. The van der Waals surface area contributed by atoms with Crippen LogP contribution in [0.1, 0.15) is 27.3 Å². The monoisotopic (exact) mass is 463 g/mol. The van der Waals surface area contributed by atoms with E-state index in [4.69, 9.17) is 27.9 Å². The van der Waals surface area contributed by atoms with E-state index >= 15 is 0 Å². The van der Waals surface area contributed by atoms with Crippen molar-refractivity contribution in [1.29, 1.82) is 0 Å². The number of ether oxygens (including phenoxy) is 1. The molecular weight excluding hydrogens is 445 g/mol. The van der Waals surface area contributed by atoms with Crippen molar-refractivity contribution in [2.45, 2.75) is 26.5 Å². The zero-order chi connectivity index (χ0) is 21.7. The lowest BCUT2D eigenvalue weighted by Crippen LogP contribution is -2.41. The van der Waals surface area contributed by atoms with Crippen molar-refractivity contribution in [1.82, 2.24) is 10.3 Å². The Morgan fingerprint density at radius 3 is 2.30 bits per heavy atom. The predicted molar refractivity (Wildman–Crippen MR) is 120 cm³/mol. The number of thiazole rings is 1. The minimum absolute atomic E-state index is 0.229. The van der Waals surface area contributed by atoms with Crippen LogP contribution in [-0.4, -0.2) is 22.8 Å². The number of hydrogen-bond acceptors (Lipinski definition) is 5. The molecule has 0 spiro atoms. The summed E-state index contributed by atoms with van der Waals surface area (Å²) in [7, 11) is 0. The number of anilines is 1. The van der Waals surface area contributed by atoms with Crippen molar-refractivity contribution >= 4 is 52.0 Å². The summed E-state index contributed by atoms with van der Waals surface area (Å²) in [6.07, 6.45) is 0. The van der Waals surface area contributed by atoms with Gasteiger partial charge in [0, 0.05) is 15.7 Å². The fourth-order valence-electron chi connectivity index (χ4n) is 2.51. The minimum atomic E-state index is -0.733. The summed E-state index contributed by atoms with van der Waals surface area (Å²) < 4.78 is 5.67. The van der Waals surface area contributed by atoms with E-state index in [2.05, 4.69) is 15.6 Å². The van der Waals surface area contributed by atoms with Crippen molar-refractivity contribution in [3.8, 4) is 5.75 Å². The molecule has 156 valence electrons. The van der Waals surface area contributed by atoms with Crippen LogP contribution in [-0.2, 0) is 11.4 Å². The first-order valence-electron chi connectivity index (χ1n) is 9.04. The number of nitrogens with one attached hydrogen (secondary N) is 2. The largest absolute Gasteiger partial charge is 0.486 e. The zero-order valence-electron chi connectivity index (χ0n) is 16.2. The van der Waals surface area contributed by atoms with Gasteiger partial charge in [-0.1, -0.05) is 23.2 Å². The molecule has 0 aliphatic carbocycles. The van der Waals surface area contributed by atoms with Crippen molar-refractivity contribution < 1.29 is 14.3 Å². The molecule has 0 radical (unpaired) electrons. The van der Waals surface area contributed by atoms with Gasteiger partial charge in [-0.05, 0) is 62.4 Å². The Morgan fingerprint density at radius 2 is 1.67 bits per heavy atom. The van der Waals surface area contributed by atoms with Gasteiger partial charge in [0.05, 0.1) is 5.69 Å². The van der Waals surface area contributed by atoms with Crippen LogP contribution >= 0.6 is 34.5 Å². The van der Waals surface area contributed by atoms with Gasteiger partial charge in [0.15, 0.2) is 0 Å².